The van der Waals surface area contributed by atoms with Crippen molar-refractivity contribution < 1.29 is 19.5 Å². The number of amides is 2. The van der Waals surface area contributed by atoms with Gasteiger partial charge in [-0.05, 0) is 37.5 Å². The van der Waals surface area contributed by atoms with Gasteiger partial charge in [0.05, 0.1) is 11.0 Å². The average Bonchev–Trinajstić information content (AvgIpc) is 2.97. The third kappa shape index (κ3) is 5.70. The minimum Gasteiger partial charge on any atom is -0.480 e. The number of aromatic nitrogens is 2. The Labute approximate surface area is 155 Å². The van der Waals surface area contributed by atoms with Crippen molar-refractivity contribution in [1.82, 2.24) is 20.2 Å². The Morgan fingerprint density at radius 3 is 2.59 bits per heavy atom. The van der Waals surface area contributed by atoms with Gasteiger partial charge in [-0.3, -0.25) is 9.59 Å². The van der Waals surface area contributed by atoms with Crippen molar-refractivity contribution in [2.75, 3.05) is 13.1 Å². The maximum atomic E-state index is 12.5. The molecule has 146 valence electrons. The summed E-state index contributed by atoms with van der Waals surface area (Å²) in [5.41, 5.74) is 2.14. The van der Waals surface area contributed by atoms with E-state index in [-0.39, 0.29) is 37.0 Å². The van der Waals surface area contributed by atoms with E-state index in [4.69, 9.17) is 0 Å². The van der Waals surface area contributed by atoms with Gasteiger partial charge >= 0.3 is 11.7 Å². The molecule has 0 saturated heterocycles. The van der Waals surface area contributed by atoms with Crippen molar-refractivity contribution in [3.05, 3.63) is 34.2 Å². The lowest BCUT2D eigenvalue weighted by molar-refractivity contribution is -0.149. The molecule has 2 rings (SSSR count). The van der Waals surface area contributed by atoms with Crippen LogP contribution < -0.4 is 11.0 Å². The predicted molar refractivity (Wildman–Crippen MR) is 99.4 cm³/mol. The normalized spacial score (nSPS) is 11.9. The van der Waals surface area contributed by atoms with Gasteiger partial charge in [-0.25, -0.2) is 9.59 Å². The number of aryl methyl sites for hydroxylation is 1. The van der Waals surface area contributed by atoms with Crippen LogP contribution in [0, 0.1) is 0 Å². The van der Waals surface area contributed by atoms with Crippen LogP contribution in [0.15, 0.2) is 23.0 Å². The van der Waals surface area contributed by atoms with E-state index in [1.807, 2.05) is 12.1 Å². The molecule has 1 aromatic carbocycles. The van der Waals surface area contributed by atoms with E-state index in [2.05, 4.69) is 15.3 Å². The molecule has 0 radical (unpaired) electrons. The molecule has 0 fully saturated rings. The van der Waals surface area contributed by atoms with Gasteiger partial charge in [-0.15, -0.1) is 0 Å². The molecule has 0 aliphatic carbocycles. The van der Waals surface area contributed by atoms with E-state index in [1.54, 1.807) is 6.07 Å². The number of carbonyl (C=O) groups is 3. The fourth-order valence-electron chi connectivity index (χ4n) is 2.84. The van der Waals surface area contributed by atoms with E-state index >= 15 is 0 Å². The van der Waals surface area contributed by atoms with Crippen LogP contribution >= 0.6 is 0 Å². The lowest BCUT2D eigenvalue weighted by Crippen LogP contribution is -2.46. The maximum absolute atomic E-state index is 12.5. The predicted octanol–water partition coefficient (Wildman–Crippen LogP) is 0.617. The van der Waals surface area contributed by atoms with Crippen LogP contribution in [0.5, 0.6) is 0 Å². The zero-order valence-corrected chi connectivity index (χ0v) is 15.4. The first-order valence-electron chi connectivity index (χ1n) is 8.75. The van der Waals surface area contributed by atoms with Crippen molar-refractivity contribution in [2.45, 2.75) is 39.2 Å². The van der Waals surface area contributed by atoms with Gasteiger partial charge in [0.15, 0.2) is 0 Å². The molecule has 4 N–H and O–H groups in total. The second-order valence-corrected chi connectivity index (χ2v) is 6.40. The first-order valence-corrected chi connectivity index (χ1v) is 8.75. The number of aromatic amines is 2. The van der Waals surface area contributed by atoms with Crippen LogP contribution in [-0.2, 0) is 20.8 Å². The number of carboxylic acids is 1. The van der Waals surface area contributed by atoms with Crippen molar-refractivity contribution in [1.29, 1.82) is 0 Å². The molecule has 2 aromatic rings. The highest BCUT2D eigenvalue weighted by Gasteiger charge is 2.24. The Balaban J connectivity index is 1.93. The molecule has 1 heterocycles. The summed E-state index contributed by atoms with van der Waals surface area (Å²) in [5.74, 6) is -1.59. The summed E-state index contributed by atoms with van der Waals surface area (Å²) in [6, 6.07) is 4.57. The van der Waals surface area contributed by atoms with Crippen LogP contribution in [0.25, 0.3) is 11.0 Å². The van der Waals surface area contributed by atoms with Gasteiger partial charge in [0, 0.05) is 26.4 Å². The summed E-state index contributed by atoms with van der Waals surface area (Å²) in [7, 11) is 0. The molecular weight excluding hydrogens is 352 g/mol. The van der Waals surface area contributed by atoms with E-state index in [0.29, 0.717) is 18.4 Å². The Morgan fingerprint density at radius 1 is 1.22 bits per heavy atom. The van der Waals surface area contributed by atoms with Gasteiger partial charge in [0.1, 0.15) is 6.04 Å². The Morgan fingerprint density at radius 2 is 1.93 bits per heavy atom. The number of benzene rings is 1. The van der Waals surface area contributed by atoms with Crippen LogP contribution in [0.4, 0.5) is 0 Å². The summed E-state index contributed by atoms with van der Waals surface area (Å²) in [6.07, 6.45) is 1.36. The molecule has 27 heavy (non-hydrogen) atoms. The number of imidazole rings is 1. The highest BCUT2D eigenvalue weighted by molar-refractivity contribution is 5.83. The van der Waals surface area contributed by atoms with Gasteiger partial charge in [0.25, 0.3) is 0 Å². The Bertz CT molecular complexity index is 885. The standard InChI is InChI=1S/C18H24N4O5/c1-11(17(25)26)22(9-8-19-12(2)23)16(24)5-3-4-13-6-7-14-15(10-13)21-18(27)20-14/h6-7,10-11H,3-5,8-9H2,1-2H3,(H,19,23)(H,25,26)(H2,20,21,27). The summed E-state index contributed by atoms with van der Waals surface area (Å²) in [5, 5.41) is 11.8. The molecule has 1 unspecified atom stereocenters. The third-order valence-electron chi connectivity index (χ3n) is 4.31. The van der Waals surface area contributed by atoms with Crippen molar-refractivity contribution in [2.24, 2.45) is 0 Å². The first kappa shape index (κ1) is 20.2. The number of rotatable bonds is 9. The topological polar surface area (TPSA) is 135 Å². The molecule has 1 aromatic heterocycles. The fourth-order valence-corrected chi connectivity index (χ4v) is 2.84. The highest BCUT2D eigenvalue weighted by atomic mass is 16.4. The van der Waals surface area contributed by atoms with Crippen molar-refractivity contribution in [3.8, 4) is 0 Å². The molecule has 0 bridgehead atoms. The number of fused-ring (bicyclic) bond motifs is 1. The summed E-state index contributed by atoms with van der Waals surface area (Å²) < 4.78 is 0. The van der Waals surface area contributed by atoms with Crippen LogP contribution in [0.3, 0.4) is 0 Å². The van der Waals surface area contributed by atoms with Crippen molar-refractivity contribution >= 4 is 28.8 Å². The Hall–Kier alpha value is -3.10. The Kier molecular flexibility index (Phi) is 6.75. The van der Waals surface area contributed by atoms with Gasteiger partial charge < -0.3 is 25.3 Å². The zero-order valence-electron chi connectivity index (χ0n) is 15.4. The number of nitrogens with one attached hydrogen (secondary N) is 3. The van der Waals surface area contributed by atoms with Crippen LogP contribution in [0.2, 0.25) is 0 Å². The van der Waals surface area contributed by atoms with E-state index in [0.717, 1.165) is 11.1 Å². The largest absolute Gasteiger partial charge is 0.480 e. The maximum Gasteiger partial charge on any atom is 0.326 e. The quantitative estimate of drug-likeness (QED) is 0.509. The first-order chi connectivity index (χ1) is 12.8. The van der Waals surface area contributed by atoms with Gasteiger partial charge in [-0.1, -0.05) is 6.07 Å². The second-order valence-electron chi connectivity index (χ2n) is 6.40. The minimum absolute atomic E-state index is 0.141. The number of aliphatic carboxylic acids is 1. The average molecular weight is 376 g/mol. The van der Waals surface area contributed by atoms with E-state index in [1.165, 1.54) is 18.7 Å². The molecule has 9 heteroatoms. The van der Waals surface area contributed by atoms with Gasteiger partial charge in [-0.2, -0.15) is 0 Å². The minimum atomic E-state index is -1.09. The number of carbonyl (C=O) groups excluding carboxylic acids is 2. The lowest BCUT2D eigenvalue weighted by Gasteiger charge is -2.26. The highest BCUT2D eigenvalue weighted by Crippen LogP contribution is 2.13. The lowest BCUT2D eigenvalue weighted by atomic mass is 10.1. The zero-order chi connectivity index (χ0) is 20.0. The smallest absolute Gasteiger partial charge is 0.326 e. The molecular formula is C18H24N4O5. The van der Waals surface area contributed by atoms with Crippen LogP contribution in [-0.4, -0.2) is 56.9 Å². The molecule has 9 nitrogen and oxygen atoms in total. The molecule has 0 aliphatic heterocycles. The van der Waals surface area contributed by atoms with Crippen LogP contribution in [0.1, 0.15) is 32.3 Å². The number of hydrogen-bond acceptors (Lipinski definition) is 4. The number of hydrogen-bond donors (Lipinski definition) is 4. The molecule has 0 aliphatic rings. The third-order valence-corrected chi connectivity index (χ3v) is 4.31. The fraction of sp³-hybridized carbons (Fsp3) is 0.444. The number of carboxylic acid groups (broad SMARTS) is 1. The van der Waals surface area contributed by atoms with Gasteiger partial charge in [0.2, 0.25) is 11.8 Å². The summed E-state index contributed by atoms with van der Waals surface area (Å²) >= 11 is 0. The molecule has 2 amide bonds. The summed E-state index contributed by atoms with van der Waals surface area (Å²) in [4.78, 5) is 52.6. The van der Waals surface area contributed by atoms with Crippen molar-refractivity contribution in [3.63, 3.8) is 0 Å². The monoisotopic (exact) mass is 376 g/mol. The SMILES string of the molecule is CC(=O)NCCN(C(=O)CCCc1ccc2[nH]c(=O)[nH]c2c1)C(C)C(=O)O. The number of H-pyrrole nitrogens is 2. The molecule has 1 atom stereocenters. The number of nitrogens with zero attached hydrogens (tertiary/aromatic N) is 1. The molecule has 0 saturated carbocycles. The summed E-state index contributed by atoms with van der Waals surface area (Å²) in [6.45, 7) is 3.16. The van der Waals surface area contributed by atoms with E-state index < -0.39 is 12.0 Å². The van der Waals surface area contributed by atoms with E-state index in [9.17, 15) is 24.3 Å². The second kappa shape index (κ2) is 9.02. The molecule has 0 spiro atoms.